The summed E-state index contributed by atoms with van der Waals surface area (Å²) < 4.78 is 39.4. The van der Waals surface area contributed by atoms with Gasteiger partial charge in [0.2, 0.25) is 5.78 Å². The highest BCUT2D eigenvalue weighted by Crippen LogP contribution is 2.30. The summed E-state index contributed by atoms with van der Waals surface area (Å²) in [4.78, 5) is 24.7. The number of methoxy groups -OCH3 is 1. The molecule has 2 aromatic carbocycles. The van der Waals surface area contributed by atoms with E-state index in [0.717, 1.165) is 25.3 Å². The van der Waals surface area contributed by atoms with E-state index in [4.69, 9.17) is 9.47 Å². The molecule has 0 unspecified atom stereocenters. The zero-order valence-electron chi connectivity index (χ0n) is 16.7. The van der Waals surface area contributed by atoms with Crippen molar-refractivity contribution in [2.45, 2.75) is 38.9 Å². The van der Waals surface area contributed by atoms with Gasteiger partial charge in [0.1, 0.15) is 0 Å². The van der Waals surface area contributed by atoms with Gasteiger partial charge in [0.05, 0.1) is 7.11 Å². The van der Waals surface area contributed by atoms with Gasteiger partial charge in [0, 0.05) is 11.6 Å². The minimum Gasteiger partial charge on any atom is -0.493 e. The van der Waals surface area contributed by atoms with Crippen LogP contribution in [0.4, 0.5) is 8.78 Å². The van der Waals surface area contributed by atoms with Crippen LogP contribution < -0.4 is 9.47 Å². The quantitative estimate of drug-likeness (QED) is 0.357. The van der Waals surface area contributed by atoms with Gasteiger partial charge in [-0.05, 0) is 67.2 Å². The Labute approximate surface area is 173 Å². The van der Waals surface area contributed by atoms with Crippen LogP contribution in [0.25, 0.3) is 6.08 Å². The molecule has 0 saturated carbocycles. The molecule has 0 aliphatic heterocycles. The van der Waals surface area contributed by atoms with Crippen LogP contribution >= 0.6 is 0 Å². The SMILES string of the molecule is COc1cc(/C=C/C(=O)O[C@@H](C)C(=O)c2ccc3c(c2)CCC3)ccc1OC(F)F. The maximum atomic E-state index is 12.6. The standard InChI is InChI=1S/C23H22F2O5/c1-14(22(27)18-9-8-16-4-3-5-17(16)13-18)29-21(26)11-7-15-6-10-19(30-23(24)25)20(12-15)28-2/h6-14,23H,3-5H2,1-2H3/b11-7+/t14-/m0/s1. The van der Waals surface area contributed by atoms with Crippen molar-refractivity contribution < 1.29 is 32.6 Å². The van der Waals surface area contributed by atoms with Crippen LogP contribution in [0.3, 0.4) is 0 Å². The second kappa shape index (κ2) is 9.52. The van der Waals surface area contributed by atoms with Gasteiger partial charge in [0.15, 0.2) is 17.6 Å². The van der Waals surface area contributed by atoms with Crippen molar-refractivity contribution in [3.8, 4) is 11.5 Å². The number of fused-ring (bicyclic) bond motifs is 1. The highest BCUT2D eigenvalue weighted by Gasteiger charge is 2.21. The van der Waals surface area contributed by atoms with Gasteiger partial charge in [-0.3, -0.25) is 4.79 Å². The molecule has 0 heterocycles. The number of hydrogen-bond donors (Lipinski definition) is 0. The number of benzene rings is 2. The zero-order chi connectivity index (χ0) is 21.7. The number of halogens is 2. The molecule has 0 amide bonds. The van der Waals surface area contributed by atoms with E-state index in [1.165, 1.54) is 49.4 Å². The van der Waals surface area contributed by atoms with Gasteiger partial charge in [-0.1, -0.05) is 18.2 Å². The first-order chi connectivity index (χ1) is 14.4. The minimum atomic E-state index is -2.97. The smallest absolute Gasteiger partial charge is 0.387 e. The van der Waals surface area contributed by atoms with Crippen LogP contribution in [0.5, 0.6) is 11.5 Å². The van der Waals surface area contributed by atoms with E-state index in [0.29, 0.717) is 11.1 Å². The van der Waals surface area contributed by atoms with Crippen molar-refractivity contribution >= 4 is 17.8 Å². The molecule has 0 N–H and O–H groups in total. The number of carbonyl (C=O) groups excluding carboxylic acids is 2. The van der Waals surface area contributed by atoms with E-state index >= 15 is 0 Å². The molecule has 1 aliphatic rings. The summed E-state index contributed by atoms with van der Waals surface area (Å²) in [5, 5.41) is 0. The van der Waals surface area contributed by atoms with Crippen LogP contribution in [-0.4, -0.2) is 31.6 Å². The highest BCUT2D eigenvalue weighted by atomic mass is 19.3. The highest BCUT2D eigenvalue weighted by molar-refractivity contribution is 6.01. The second-order valence-electron chi connectivity index (χ2n) is 6.90. The predicted molar refractivity (Wildman–Crippen MR) is 107 cm³/mol. The zero-order valence-corrected chi connectivity index (χ0v) is 16.7. The van der Waals surface area contributed by atoms with Crippen LogP contribution in [0.1, 0.15) is 40.4 Å². The lowest BCUT2D eigenvalue weighted by Gasteiger charge is -2.12. The first-order valence-electron chi connectivity index (χ1n) is 9.55. The van der Waals surface area contributed by atoms with Crippen molar-refractivity contribution in [2.75, 3.05) is 7.11 Å². The molecule has 2 aromatic rings. The number of rotatable bonds is 8. The molecule has 3 rings (SSSR count). The topological polar surface area (TPSA) is 61.8 Å². The molecule has 0 aromatic heterocycles. The Morgan fingerprint density at radius 1 is 1.03 bits per heavy atom. The number of Topliss-reactive ketones (excluding diaryl/α,β-unsaturated/α-hetero) is 1. The van der Waals surface area contributed by atoms with Gasteiger partial charge < -0.3 is 14.2 Å². The van der Waals surface area contributed by atoms with Gasteiger partial charge in [-0.15, -0.1) is 0 Å². The normalized spacial score (nSPS) is 13.9. The Hall–Kier alpha value is -3.22. The third kappa shape index (κ3) is 5.23. The van der Waals surface area contributed by atoms with E-state index in [1.807, 2.05) is 12.1 Å². The summed E-state index contributed by atoms with van der Waals surface area (Å²) in [6.07, 6.45) is 4.73. The van der Waals surface area contributed by atoms with Gasteiger partial charge in [-0.2, -0.15) is 8.78 Å². The third-order valence-corrected chi connectivity index (χ3v) is 4.86. The Kier molecular flexibility index (Phi) is 6.82. The van der Waals surface area contributed by atoms with Gasteiger partial charge in [0.25, 0.3) is 0 Å². The molecular weight excluding hydrogens is 394 g/mol. The summed E-state index contributed by atoms with van der Waals surface area (Å²) in [6, 6.07) is 9.85. The molecule has 0 radical (unpaired) electrons. The lowest BCUT2D eigenvalue weighted by molar-refractivity contribution is -0.140. The van der Waals surface area contributed by atoms with Crippen molar-refractivity contribution in [1.29, 1.82) is 0 Å². The van der Waals surface area contributed by atoms with E-state index in [9.17, 15) is 18.4 Å². The molecule has 0 bridgehead atoms. The number of carbonyl (C=O) groups is 2. The molecule has 1 atom stereocenters. The lowest BCUT2D eigenvalue weighted by atomic mass is 10.0. The number of hydrogen-bond acceptors (Lipinski definition) is 5. The fraction of sp³-hybridized carbons (Fsp3) is 0.304. The van der Waals surface area contributed by atoms with Crippen molar-refractivity contribution in [2.24, 2.45) is 0 Å². The fourth-order valence-electron chi connectivity index (χ4n) is 3.37. The second-order valence-corrected chi connectivity index (χ2v) is 6.90. The molecular formula is C23H22F2O5. The van der Waals surface area contributed by atoms with E-state index < -0.39 is 18.7 Å². The molecule has 0 fully saturated rings. The van der Waals surface area contributed by atoms with Crippen molar-refractivity contribution in [3.05, 3.63) is 64.7 Å². The summed E-state index contributed by atoms with van der Waals surface area (Å²) in [6.45, 7) is -1.44. The van der Waals surface area contributed by atoms with E-state index in [2.05, 4.69) is 4.74 Å². The molecule has 1 aliphatic carbocycles. The first kappa shape index (κ1) is 21.5. The largest absolute Gasteiger partial charge is 0.493 e. The van der Waals surface area contributed by atoms with Crippen LogP contribution in [0.2, 0.25) is 0 Å². The van der Waals surface area contributed by atoms with Crippen molar-refractivity contribution in [1.82, 2.24) is 0 Å². The van der Waals surface area contributed by atoms with Crippen molar-refractivity contribution in [3.63, 3.8) is 0 Å². The average molecular weight is 416 g/mol. The molecule has 0 saturated heterocycles. The maximum absolute atomic E-state index is 12.6. The summed E-state index contributed by atoms with van der Waals surface area (Å²) >= 11 is 0. The number of ether oxygens (including phenoxy) is 3. The predicted octanol–water partition coefficient (Wildman–Crippen LogP) is 4.61. The number of ketones is 1. The Balaban J connectivity index is 1.61. The first-order valence-corrected chi connectivity index (χ1v) is 9.55. The summed E-state index contributed by atoms with van der Waals surface area (Å²) in [5.41, 5.74) is 3.48. The molecule has 158 valence electrons. The summed E-state index contributed by atoms with van der Waals surface area (Å²) in [7, 11) is 1.32. The van der Waals surface area contributed by atoms with E-state index in [1.54, 1.807) is 6.07 Å². The third-order valence-electron chi connectivity index (χ3n) is 4.86. The molecule has 7 heteroatoms. The monoisotopic (exact) mass is 416 g/mol. The summed E-state index contributed by atoms with van der Waals surface area (Å²) in [5.74, 6) is -0.961. The number of alkyl halides is 2. The van der Waals surface area contributed by atoms with Gasteiger partial charge >= 0.3 is 12.6 Å². The average Bonchev–Trinajstić information content (AvgIpc) is 3.19. The maximum Gasteiger partial charge on any atom is 0.387 e. The lowest BCUT2D eigenvalue weighted by Crippen LogP contribution is -2.23. The Bertz CT molecular complexity index is 968. The van der Waals surface area contributed by atoms with E-state index in [-0.39, 0.29) is 17.3 Å². The Morgan fingerprint density at radius 2 is 1.80 bits per heavy atom. The van der Waals surface area contributed by atoms with Crippen LogP contribution in [-0.2, 0) is 22.4 Å². The van der Waals surface area contributed by atoms with Crippen LogP contribution in [0, 0.1) is 0 Å². The number of esters is 1. The molecule has 0 spiro atoms. The molecule has 5 nitrogen and oxygen atoms in total. The van der Waals surface area contributed by atoms with Crippen LogP contribution in [0.15, 0.2) is 42.5 Å². The minimum absolute atomic E-state index is 0.103. The fourth-order valence-corrected chi connectivity index (χ4v) is 3.37. The molecule has 30 heavy (non-hydrogen) atoms. The van der Waals surface area contributed by atoms with Gasteiger partial charge in [-0.25, -0.2) is 4.79 Å². The Morgan fingerprint density at radius 3 is 2.53 bits per heavy atom. The number of aryl methyl sites for hydroxylation is 2.